The van der Waals surface area contributed by atoms with Crippen molar-refractivity contribution in [3.05, 3.63) is 29.5 Å². The first kappa shape index (κ1) is 9.26. The molecule has 0 fully saturated rings. The van der Waals surface area contributed by atoms with Crippen LogP contribution in [0.3, 0.4) is 0 Å². The summed E-state index contributed by atoms with van der Waals surface area (Å²) >= 11 is 0. The zero-order valence-corrected chi connectivity index (χ0v) is 7.15. The van der Waals surface area contributed by atoms with Gasteiger partial charge in [0.2, 0.25) is 0 Å². The molecule has 0 heteroatoms. The molecule has 0 aromatic rings. The summed E-state index contributed by atoms with van der Waals surface area (Å²) in [7, 11) is 0. The topological polar surface area (TPSA) is 0 Å². The van der Waals surface area contributed by atoms with Gasteiger partial charge in [0.25, 0.3) is 0 Å². The standard InChI is InChI=1S/C10H16/c1-4-6-8-10(3)9-7-5-2/h4,8-9H,5,7H2,1-3H3. The van der Waals surface area contributed by atoms with E-state index >= 15 is 0 Å². The van der Waals surface area contributed by atoms with Gasteiger partial charge in [0.15, 0.2) is 0 Å². The van der Waals surface area contributed by atoms with Gasteiger partial charge in [0, 0.05) is 0 Å². The molecule has 0 aromatic carbocycles. The molecule has 10 heavy (non-hydrogen) atoms. The fraction of sp³-hybridized carbons (Fsp3) is 0.500. The SMILES string of the molecule is CC=C=CC(C)=CCCC. The summed E-state index contributed by atoms with van der Waals surface area (Å²) in [6.45, 7) is 6.26. The van der Waals surface area contributed by atoms with Gasteiger partial charge in [0.1, 0.15) is 0 Å². The van der Waals surface area contributed by atoms with Gasteiger partial charge >= 0.3 is 0 Å². The van der Waals surface area contributed by atoms with Crippen LogP contribution in [0.2, 0.25) is 0 Å². The first-order chi connectivity index (χ1) is 4.81. The van der Waals surface area contributed by atoms with Crippen LogP contribution in [-0.4, -0.2) is 0 Å². The van der Waals surface area contributed by atoms with E-state index < -0.39 is 0 Å². The van der Waals surface area contributed by atoms with Gasteiger partial charge in [-0.2, -0.15) is 0 Å². The first-order valence-electron chi connectivity index (χ1n) is 3.85. The number of rotatable bonds is 3. The maximum absolute atomic E-state index is 3.04. The molecule has 0 aliphatic carbocycles. The molecule has 0 heterocycles. The maximum atomic E-state index is 3.04. The minimum absolute atomic E-state index is 1.17. The lowest BCUT2D eigenvalue weighted by Gasteiger charge is -1.87. The summed E-state index contributed by atoms with van der Waals surface area (Å²) in [6, 6.07) is 0. The summed E-state index contributed by atoms with van der Waals surface area (Å²) in [5.41, 5.74) is 4.34. The molecule has 56 valence electrons. The molecular weight excluding hydrogens is 120 g/mol. The maximum Gasteiger partial charge on any atom is -0.0177 e. The summed E-state index contributed by atoms with van der Waals surface area (Å²) in [4.78, 5) is 0. The lowest BCUT2D eigenvalue weighted by atomic mass is 10.2. The van der Waals surface area contributed by atoms with Crippen LogP contribution in [0.5, 0.6) is 0 Å². The Morgan fingerprint density at radius 3 is 2.70 bits per heavy atom. The molecule has 0 spiro atoms. The molecule has 0 radical (unpaired) electrons. The Hall–Kier alpha value is -0.740. The molecule has 0 unspecified atom stereocenters. The van der Waals surface area contributed by atoms with Crippen LogP contribution >= 0.6 is 0 Å². The third-order valence-corrected chi connectivity index (χ3v) is 1.23. The van der Waals surface area contributed by atoms with Crippen LogP contribution < -0.4 is 0 Å². The molecule has 0 N–H and O–H groups in total. The molecule has 0 saturated heterocycles. The highest BCUT2D eigenvalue weighted by Gasteiger charge is 1.77. The molecule has 0 amide bonds. The van der Waals surface area contributed by atoms with Crippen LogP contribution in [0.1, 0.15) is 33.6 Å². The summed E-state index contributed by atoms with van der Waals surface area (Å²) in [6.07, 6.45) is 8.56. The highest BCUT2D eigenvalue weighted by Crippen LogP contribution is 1.97. The minimum Gasteiger partial charge on any atom is -0.125 e. The van der Waals surface area contributed by atoms with E-state index in [1.165, 1.54) is 18.4 Å². The monoisotopic (exact) mass is 136 g/mol. The van der Waals surface area contributed by atoms with Crippen molar-refractivity contribution in [1.82, 2.24) is 0 Å². The Labute approximate surface area is 64.0 Å². The average molecular weight is 136 g/mol. The second-order valence-electron chi connectivity index (χ2n) is 2.34. The average Bonchev–Trinajstić information content (AvgIpc) is 1.97. The molecule has 0 aromatic heterocycles. The first-order valence-corrected chi connectivity index (χ1v) is 3.85. The molecule has 0 rings (SSSR count). The van der Waals surface area contributed by atoms with E-state index in [4.69, 9.17) is 0 Å². The van der Waals surface area contributed by atoms with Gasteiger partial charge in [0.05, 0.1) is 0 Å². The Morgan fingerprint density at radius 1 is 1.50 bits per heavy atom. The third kappa shape index (κ3) is 5.40. The minimum atomic E-state index is 1.17. The lowest BCUT2D eigenvalue weighted by molar-refractivity contribution is 0.952. The molecule has 0 bridgehead atoms. The van der Waals surface area contributed by atoms with Crippen molar-refractivity contribution in [1.29, 1.82) is 0 Å². The van der Waals surface area contributed by atoms with Crippen molar-refractivity contribution in [2.45, 2.75) is 33.6 Å². The van der Waals surface area contributed by atoms with Crippen molar-refractivity contribution < 1.29 is 0 Å². The van der Waals surface area contributed by atoms with Crippen LogP contribution in [0.4, 0.5) is 0 Å². The smallest absolute Gasteiger partial charge is 0.0177 e. The van der Waals surface area contributed by atoms with Gasteiger partial charge in [-0.1, -0.05) is 19.4 Å². The van der Waals surface area contributed by atoms with E-state index in [-0.39, 0.29) is 0 Å². The summed E-state index contributed by atoms with van der Waals surface area (Å²) < 4.78 is 0. The zero-order valence-electron chi connectivity index (χ0n) is 7.15. The van der Waals surface area contributed by atoms with Crippen LogP contribution in [-0.2, 0) is 0 Å². The quantitative estimate of drug-likeness (QED) is 0.411. The molecule has 0 aliphatic heterocycles. The number of unbranched alkanes of at least 4 members (excludes halogenated alkanes) is 1. The van der Waals surface area contributed by atoms with Crippen molar-refractivity contribution in [3.63, 3.8) is 0 Å². The number of allylic oxidation sites excluding steroid dienone is 3. The van der Waals surface area contributed by atoms with E-state index in [0.29, 0.717) is 0 Å². The van der Waals surface area contributed by atoms with E-state index in [1.807, 2.05) is 19.1 Å². The van der Waals surface area contributed by atoms with Crippen LogP contribution in [0.15, 0.2) is 29.5 Å². The van der Waals surface area contributed by atoms with Crippen molar-refractivity contribution >= 4 is 0 Å². The van der Waals surface area contributed by atoms with E-state index in [2.05, 4.69) is 25.7 Å². The highest BCUT2D eigenvalue weighted by molar-refractivity contribution is 5.14. The Balaban J connectivity index is 3.82. The van der Waals surface area contributed by atoms with Gasteiger partial charge < -0.3 is 0 Å². The van der Waals surface area contributed by atoms with E-state index in [0.717, 1.165) is 0 Å². The van der Waals surface area contributed by atoms with Crippen LogP contribution in [0, 0.1) is 0 Å². The van der Waals surface area contributed by atoms with E-state index in [9.17, 15) is 0 Å². The predicted molar refractivity (Wildman–Crippen MR) is 47.0 cm³/mol. The Morgan fingerprint density at radius 2 is 2.20 bits per heavy atom. The molecule has 0 nitrogen and oxygen atoms in total. The van der Waals surface area contributed by atoms with Crippen molar-refractivity contribution in [3.8, 4) is 0 Å². The number of hydrogen-bond donors (Lipinski definition) is 0. The predicted octanol–water partition coefficient (Wildman–Crippen LogP) is 3.46. The Kier molecular flexibility index (Phi) is 5.91. The van der Waals surface area contributed by atoms with E-state index in [1.54, 1.807) is 0 Å². The highest BCUT2D eigenvalue weighted by atomic mass is 13.8. The summed E-state index contributed by atoms with van der Waals surface area (Å²) in [5, 5.41) is 0. The molecule has 0 saturated carbocycles. The lowest BCUT2D eigenvalue weighted by Crippen LogP contribution is -1.67. The molecule has 0 atom stereocenters. The zero-order chi connectivity index (χ0) is 7.82. The molecule has 0 aliphatic rings. The largest absolute Gasteiger partial charge is 0.125 e. The summed E-state index contributed by atoms with van der Waals surface area (Å²) in [5.74, 6) is 0. The van der Waals surface area contributed by atoms with Crippen LogP contribution in [0.25, 0.3) is 0 Å². The second-order valence-corrected chi connectivity index (χ2v) is 2.34. The van der Waals surface area contributed by atoms with Gasteiger partial charge in [-0.15, -0.1) is 5.73 Å². The second kappa shape index (κ2) is 6.38. The number of hydrogen-bond acceptors (Lipinski definition) is 0. The third-order valence-electron chi connectivity index (χ3n) is 1.23. The Bertz CT molecular complexity index is 155. The van der Waals surface area contributed by atoms with Crippen molar-refractivity contribution in [2.75, 3.05) is 0 Å². The van der Waals surface area contributed by atoms with Gasteiger partial charge in [-0.3, -0.25) is 0 Å². The normalized spacial score (nSPS) is 10.5. The van der Waals surface area contributed by atoms with Crippen molar-refractivity contribution in [2.24, 2.45) is 0 Å². The fourth-order valence-corrected chi connectivity index (χ4v) is 0.646. The molecular formula is C10H16. The van der Waals surface area contributed by atoms with Gasteiger partial charge in [-0.05, 0) is 38.0 Å². The fourth-order valence-electron chi connectivity index (χ4n) is 0.646. The van der Waals surface area contributed by atoms with Gasteiger partial charge in [-0.25, -0.2) is 0 Å².